The lowest BCUT2D eigenvalue weighted by atomic mass is 10.1. The molecule has 5 rings (SSSR count). The van der Waals surface area contributed by atoms with Crippen molar-refractivity contribution in [2.75, 3.05) is 13.1 Å². The van der Waals surface area contributed by atoms with E-state index in [0.29, 0.717) is 17.9 Å². The van der Waals surface area contributed by atoms with Crippen LogP contribution >= 0.6 is 0 Å². The van der Waals surface area contributed by atoms with Crippen molar-refractivity contribution < 1.29 is 9.13 Å². The van der Waals surface area contributed by atoms with E-state index in [2.05, 4.69) is 26.3 Å². The maximum Gasteiger partial charge on any atom is 0.132 e. The number of hydrogen-bond donors (Lipinski definition) is 0. The molecule has 2 aliphatic rings. The van der Waals surface area contributed by atoms with Crippen LogP contribution in [0.1, 0.15) is 23.0 Å². The van der Waals surface area contributed by atoms with Crippen LogP contribution in [0.15, 0.2) is 42.6 Å². The monoisotopic (exact) mass is 365 g/mol. The number of fused-ring (bicyclic) bond motifs is 3. The van der Waals surface area contributed by atoms with Crippen LogP contribution in [0.4, 0.5) is 4.39 Å². The number of nitrogens with zero attached hydrogens (tertiary/aromatic N) is 5. The van der Waals surface area contributed by atoms with Crippen LogP contribution in [0.2, 0.25) is 0 Å². The Morgan fingerprint density at radius 2 is 2.07 bits per heavy atom. The van der Waals surface area contributed by atoms with Gasteiger partial charge in [0.2, 0.25) is 0 Å². The molecule has 0 amide bonds. The van der Waals surface area contributed by atoms with Crippen LogP contribution in [0.25, 0.3) is 11.3 Å². The average Bonchev–Trinajstić information content (AvgIpc) is 3.27. The van der Waals surface area contributed by atoms with Gasteiger partial charge in [-0.3, -0.25) is 9.88 Å². The van der Waals surface area contributed by atoms with Gasteiger partial charge in [-0.1, -0.05) is 23.4 Å². The highest BCUT2D eigenvalue weighted by Crippen LogP contribution is 2.35. The number of hydrogen-bond acceptors (Lipinski definition) is 5. The van der Waals surface area contributed by atoms with Gasteiger partial charge in [-0.15, -0.1) is 5.10 Å². The molecule has 1 saturated heterocycles. The first-order chi connectivity index (χ1) is 13.2. The standard InChI is InChI=1S/C20H20FN5O/c1-13-6-7-14(8-22-13)9-25-10-17-19(11-25)27-12-18-20(23-24-26(17)18)15-4-2-3-5-16(15)21/h2-8,17,19H,9-12H2,1H3/t17-,19-/m1/s1. The third-order valence-corrected chi connectivity index (χ3v) is 5.36. The summed E-state index contributed by atoms with van der Waals surface area (Å²) in [4.78, 5) is 6.72. The Labute approximate surface area is 156 Å². The van der Waals surface area contributed by atoms with E-state index in [-0.39, 0.29) is 18.0 Å². The minimum atomic E-state index is -0.289. The van der Waals surface area contributed by atoms with Crippen molar-refractivity contribution in [3.05, 3.63) is 65.4 Å². The van der Waals surface area contributed by atoms with Gasteiger partial charge in [-0.25, -0.2) is 9.07 Å². The molecule has 3 aromatic rings. The van der Waals surface area contributed by atoms with E-state index in [1.165, 1.54) is 11.6 Å². The highest BCUT2D eigenvalue weighted by atomic mass is 19.1. The third kappa shape index (κ3) is 2.93. The summed E-state index contributed by atoms with van der Waals surface area (Å²) in [6.07, 6.45) is 2.00. The maximum absolute atomic E-state index is 14.2. The van der Waals surface area contributed by atoms with Crippen molar-refractivity contribution in [2.45, 2.75) is 32.2 Å². The molecule has 1 aromatic carbocycles. The largest absolute Gasteiger partial charge is 0.368 e. The second-order valence-corrected chi connectivity index (χ2v) is 7.23. The van der Waals surface area contributed by atoms with Crippen molar-refractivity contribution in [3.8, 4) is 11.3 Å². The fourth-order valence-corrected chi connectivity index (χ4v) is 3.97. The molecule has 27 heavy (non-hydrogen) atoms. The molecule has 6 nitrogen and oxygen atoms in total. The van der Waals surface area contributed by atoms with Gasteiger partial charge in [-0.05, 0) is 30.7 Å². The van der Waals surface area contributed by atoms with Gasteiger partial charge in [0.1, 0.15) is 11.5 Å². The van der Waals surface area contributed by atoms with E-state index in [1.807, 2.05) is 29.9 Å². The number of benzene rings is 1. The van der Waals surface area contributed by atoms with E-state index >= 15 is 0 Å². The molecule has 0 unspecified atom stereocenters. The molecule has 0 radical (unpaired) electrons. The van der Waals surface area contributed by atoms with E-state index in [0.717, 1.165) is 31.0 Å². The zero-order valence-electron chi connectivity index (χ0n) is 15.0. The van der Waals surface area contributed by atoms with E-state index in [9.17, 15) is 4.39 Å². The van der Waals surface area contributed by atoms with Gasteiger partial charge in [0.05, 0.1) is 24.4 Å². The predicted octanol–water partition coefficient (Wildman–Crippen LogP) is 2.74. The molecule has 2 aromatic heterocycles. The van der Waals surface area contributed by atoms with Crippen molar-refractivity contribution in [1.29, 1.82) is 0 Å². The van der Waals surface area contributed by atoms with Gasteiger partial charge in [0, 0.05) is 37.1 Å². The Morgan fingerprint density at radius 1 is 1.19 bits per heavy atom. The SMILES string of the molecule is Cc1ccc(CN2C[C@@H]3[C@@H](C2)OCc2c(-c4ccccc4F)nnn23)cn1. The summed E-state index contributed by atoms with van der Waals surface area (Å²) in [5.41, 5.74) is 4.10. The molecule has 2 atom stereocenters. The first-order valence-corrected chi connectivity index (χ1v) is 9.13. The number of aryl methyl sites for hydroxylation is 1. The summed E-state index contributed by atoms with van der Waals surface area (Å²) in [7, 11) is 0. The predicted molar refractivity (Wildman–Crippen MR) is 97.3 cm³/mol. The molecule has 0 saturated carbocycles. The van der Waals surface area contributed by atoms with Crippen molar-refractivity contribution in [2.24, 2.45) is 0 Å². The smallest absolute Gasteiger partial charge is 0.132 e. The average molecular weight is 365 g/mol. The van der Waals surface area contributed by atoms with Crippen LogP contribution < -0.4 is 0 Å². The highest BCUT2D eigenvalue weighted by Gasteiger charge is 2.40. The second kappa shape index (κ2) is 6.51. The molecule has 0 bridgehead atoms. The third-order valence-electron chi connectivity index (χ3n) is 5.36. The first kappa shape index (κ1) is 16.5. The molecule has 138 valence electrons. The Bertz CT molecular complexity index is 971. The molecular formula is C20H20FN5O. The molecule has 2 aliphatic heterocycles. The second-order valence-electron chi connectivity index (χ2n) is 7.23. The van der Waals surface area contributed by atoms with Crippen molar-refractivity contribution in [3.63, 3.8) is 0 Å². The number of ether oxygens (including phenoxy) is 1. The molecule has 0 spiro atoms. The van der Waals surface area contributed by atoms with Crippen LogP contribution in [-0.4, -0.2) is 44.1 Å². The van der Waals surface area contributed by atoms with E-state index in [1.54, 1.807) is 12.1 Å². The van der Waals surface area contributed by atoms with Gasteiger partial charge in [-0.2, -0.15) is 0 Å². The normalized spacial score (nSPS) is 21.9. The summed E-state index contributed by atoms with van der Waals surface area (Å²) in [6.45, 7) is 4.88. The van der Waals surface area contributed by atoms with Crippen LogP contribution in [0.3, 0.4) is 0 Å². The molecule has 1 fully saturated rings. The Balaban J connectivity index is 1.39. The Kier molecular flexibility index (Phi) is 3.98. The molecule has 7 heteroatoms. The van der Waals surface area contributed by atoms with Crippen molar-refractivity contribution >= 4 is 0 Å². The number of aromatic nitrogens is 4. The summed E-state index contributed by atoms with van der Waals surface area (Å²) >= 11 is 0. The number of halogens is 1. The number of likely N-dealkylation sites (tertiary alicyclic amines) is 1. The minimum absolute atomic E-state index is 0.0751. The van der Waals surface area contributed by atoms with Gasteiger partial charge >= 0.3 is 0 Å². The van der Waals surface area contributed by atoms with Crippen LogP contribution in [0, 0.1) is 12.7 Å². The number of rotatable bonds is 3. The van der Waals surface area contributed by atoms with Crippen molar-refractivity contribution in [1.82, 2.24) is 24.9 Å². The highest BCUT2D eigenvalue weighted by molar-refractivity contribution is 5.62. The summed E-state index contributed by atoms with van der Waals surface area (Å²) in [5.74, 6) is -0.289. The zero-order valence-corrected chi connectivity index (χ0v) is 15.0. The van der Waals surface area contributed by atoms with Crippen LogP contribution in [-0.2, 0) is 17.9 Å². The topological polar surface area (TPSA) is 56.1 Å². The Morgan fingerprint density at radius 3 is 2.89 bits per heavy atom. The minimum Gasteiger partial charge on any atom is -0.368 e. The fourth-order valence-electron chi connectivity index (χ4n) is 3.97. The van der Waals surface area contributed by atoms with Gasteiger partial charge < -0.3 is 4.74 Å². The van der Waals surface area contributed by atoms with E-state index < -0.39 is 0 Å². The molecular weight excluding hydrogens is 345 g/mol. The maximum atomic E-state index is 14.2. The summed E-state index contributed by atoms with van der Waals surface area (Å²) in [5, 5.41) is 8.62. The van der Waals surface area contributed by atoms with E-state index in [4.69, 9.17) is 4.74 Å². The summed E-state index contributed by atoms with van der Waals surface area (Å²) in [6, 6.07) is 10.9. The first-order valence-electron chi connectivity index (χ1n) is 9.13. The summed E-state index contributed by atoms with van der Waals surface area (Å²) < 4.78 is 22.2. The van der Waals surface area contributed by atoms with Gasteiger partial charge in [0.25, 0.3) is 0 Å². The quantitative estimate of drug-likeness (QED) is 0.714. The molecule has 0 aliphatic carbocycles. The lowest BCUT2D eigenvalue weighted by molar-refractivity contribution is -0.00494. The Hall–Kier alpha value is -2.64. The zero-order chi connectivity index (χ0) is 18.4. The fraction of sp³-hybridized carbons (Fsp3) is 0.350. The van der Waals surface area contributed by atoms with Crippen LogP contribution in [0.5, 0.6) is 0 Å². The number of pyridine rings is 1. The lowest BCUT2D eigenvalue weighted by Crippen LogP contribution is -2.32. The molecule has 0 N–H and O–H groups in total. The van der Waals surface area contributed by atoms with Gasteiger partial charge in [0.15, 0.2) is 0 Å². The molecule has 4 heterocycles. The lowest BCUT2D eigenvalue weighted by Gasteiger charge is -2.26.